The van der Waals surface area contributed by atoms with Gasteiger partial charge >= 0.3 is 0 Å². The largest absolute Gasteiger partial charge is 0.507 e. The van der Waals surface area contributed by atoms with E-state index in [2.05, 4.69) is 91.8 Å². The van der Waals surface area contributed by atoms with Crippen molar-refractivity contribution in [3.8, 4) is 11.5 Å². The van der Waals surface area contributed by atoms with Crippen LogP contribution in [0.25, 0.3) is 0 Å². The van der Waals surface area contributed by atoms with E-state index < -0.39 is 0 Å². The average Bonchev–Trinajstić information content (AvgIpc) is 2.96. The molecule has 0 aliphatic rings. The van der Waals surface area contributed by atoms with Crippen molar-refractivity contribution in [1.82, 2.24) is 0 Å². The zero-order chi connectivity index (χ0) is 30.8. The van der Waals surface area contributed by atoms with Crippen LogP contribution in [0.1, 0.15) is 112 Å². The first-order valence-electron chi connectivity index (χ1n) is 14.9. The summed E-state index contributed by atoms with van der Waals surface area (Å²) in [4.78, 5) is 9.39. The third kappa shape index (κ3) is 9.68. The number of hydrogen-bond acceptors (Lipinski definition) is 4. The molecule has 0 bridgehead atoms. The number of phenols is 2. The summed E-state index contributed by atoms with van der Waals surface area (Å²) in [6, 6.07) is 27.3. The van der Waals surface area contributed by atoms with Crippen LogP contribution < -0.4 is 0 Å². The molecule has 0 amide bonds. The van der Waals surface area contributed by atoms with Gasteiger partial charge in [0.25, 0.3) is 0 Å². The molecule has 4 rings (SSSR count). The van der Waals surface area contributed by atoms with Crippen LogP contribution in [0, 0.1) is 0 Å². The van der Waals surface area contributed by atoms with E-state index in [-0.39, 0.29) is 28.6 Å². The average molecular weight is 626 g/mol. The van der Waals surface area contributed by atoms with Crippen LogP contribution in [0.5, 0.6) is 11.5 Å². The van der Waals surface area contributed by atoms with Crippen molar-refractivity contribution in [2.45, 2.75) is 79.1 Å². The number of rotatable bonds is 8. The summed E-state index contributed by atoms with van der Waals surface area (Å²) in [6.45, 7) is 17.4. The molecule has 0 aliphatic heterocycles. The molecule has 2 N–H and O–H groups in total. The molecule has 43 heavy (non-hydrogen) atoms. The van der Waals surface area contributed by atoms with Crippen LogP contribution in [0.2, 0.25) is 0 Å². The summed E-state index contributed by atoms with van der Waals surface area (Å²) in [6.07, 6.45) is 3.50. The van der Waals surface area contributed by atoms with Crippen LogP contribution in [-0.2, 0) is 17.1 Å². The van der Waals surface area contributed by atoms with Gasteiger partial charge in [0.05, 0.1) is 11.4 Å². The van der Waals surface area contributed by atoms with E-state index in [0.29, 0.717) is 23.7 Å². The number of phenolic OH excluding ortho intramolecular Hbond substituents is 2. The van der Waals surface area contributed by atoms with Crippen LogP contribution >= 0.6 is 0 Å². The maximum absolute atomic E-state index is 9.85. The molecular weight excluding hydrogens is 580 g/mol. The van der Waals surface area contributed by atoms with Gasteiger partial charge in [-0.05, 0) is 70.2 Å². The molecule has 0 saturated heterocycles. The smallest absolute Gasteiger partial charge is 0.124 e. The molecule has 4 aromatic rings. The topological polar surface area (TPSA) is 65.2 Å². The van der Waals surface area contributed by atoms with E-state index in [1.807, 2.05) is 36.4 Å². The van der Waals surface area contributed by atoms with Gasteiger partial charge in [-0.2, -0.15) is 0 Å². The summed E-state index contributed by atoms with van der Waals surface area (Å²) >= 11 is 0. The summed E-state index contributed by atoms with van der Waals surface area (Å²) in [5.41, 5.74) is 8.52. The van der Waals surface area contributed by atoms with Gasteiger partial charge in [-0.1, -0.05) is 116 Å². The second-order valence-electron chi connectivity index (χ2n) is 11.8. The van der Waals surface area contributed by atoms with Crippen molar-refractivity contribution in [2.24, 2.45) is 9.98 Å². The number of nitrogens with zero attached hydrogens (tertiary/aromatic N) is 2. The molecule has 0 aliphatic carbocycles. The van der Waals surface area contributed by atoms with E-state index in [9.17, 15) is 10.2 Å². The standard InChI is InChI=1S/2C19H23NO.Cu/c2*1-13(2)16-9-7-10-17(14(3)4)19(16)20-12-15-8-5-6-11-18(15)21;/h2*5-14,21H,1-4H3;. The molecule has 0 atom stereocenters. The fraction of sp³-hybridized carbons (Fsp3) is 0.316. The number of aliphatic imine (C=N–C) groups is 2. The summed E-state index contributed by atoms with van der Waals surface area (Å²) in [5.74, 6) is 2.18. The Hall–Kier alpha value is -3.66. The molecule has 0 heterocycles. The Morgan fingerprint density at radius 1 is 0.442 bits per heavy atom. The first-order valence-corrected chi connectivity index (χ1v) is 14.9. The zero-order valence-electron chi connectivity index (χ0n) is 26.6. The normalized spacial score (nSPS) is 11.4. The van der Waals surface area contributed by atoms with E-state index >= 15 is 0 Å². The summed E-state index contributed by atoms with van der Waals surface area (Å²) in [7, 11) is 0. The van der Waals surface area contributed by atoms with Gasteiger partial charge in [-0.15, -0.1) is 0 Å². The van der Waals surface area contributed by atoms with Crippen molar-refractivity contribution < 1.29 is 27.3 Å². The van der Waals surface area contributed by atoms with Crippen LogP contribution in [0.3, 0.4) is 0 Å². The first kappa shape index (κ1) is 35.5. The fourth-order valence-corrected chi connectivity index (χ4v) is 4.78. The summed E-state index contributed by atoms with van der Waals surface area (Å²) in [5, 5.41) is 19.7. The van der Waals surface area contributed by atoms with Crippen LogP contribution in [-0.4, -0.2) is 22.6 Å². The van der Waals surface area contributed by atoms with Gasteiger partial charge in [0, 0.05) is 40.6 Å². The van der Waals surface area contributed by atoms with E-state index in [4.69, 9.17) is 9.98 Å². The molecule has 0 saturated carbocycles. The SMILES string of the molecule is CC(C)c1cccc(C(C)C)c1N=Cc1ccccc1O.CC(C)c1cccc(C(C)C)c1N=Cc1ccccc1O.[Cu]. The second kappa shape index (κ2) is 16.8. The van der Waals surface area contributed by atoms with Crippen molar-refractivity contribution >= 4 is 23.8 Å². The number of hydrogen-bond donors (Lipinski definition) is 2. The number of benzene rings is 4. The number of para-hydroxylation sites is 4. The van der Waals surface area contributed by atoms with Crippen molar-refractivity contribution in [3.05, 3.63) is 118 Å². The minimum atomic E-state index is 0. The van der Waals surface area contributed by atoms with Gasteiger partial charge in [0.1, 0.15) is 11.5 Å². The quantitative estimate of drug-likeness (QED) is 0.151. The van der Waals surface area contributed by atoms with Gasteiger partial charge in [0.2, 0.25) is 0 Å². The fourth-order valence-electron chi connectivity index (χ4n) is 4.78. The Balaban J connectivity index is 0.000000293. The van der Waals surface area contributed by atoms with Crippen LogP contribution in [0.4, 0.5) is 11.4 Å². The molecule has 0 spiro atoms. The first-order chi connectivity index (χ1) is 20.0. The van der Waals surface area contributed by atoms with E-state index in [1.54, 1.807) is 24.6 Å². The molecule has 4 aromatic carbocycles. The second-order valence-corrected chi connectivity index (χ2v) is 11.8. The van der Waals surface area contributed by atoms with Crippen LogP contribution in [0.15, 0.2) is 94.9 Å². The third-order valence-corrected chi connectivity index (χ3v) is 7.22. The molecule has 4 nitrogen and oxygen atoms in total. The Labute approximate surface area is 269 Å². The Morgan fingerprint density at radius 2 is 0.721 bits per heavy atom. The molecule has 0 unspecified atom stereocenters. The van der Waals surface area contributed by atoms with E-state index in [1.165, 1.54) is 22.3 Å². The van der Waals surface area contributed by atoms with Gasteiger partial charge in [-0.3, -0.25) is 9.98 Å². The minimum Gasteiger partial charge on any atom is -0.507 e. The summed E-state index contributed by atoms with van der Waals surface area (Å²) < 4.78 is 0. The molecule has 0 fully saturated rings. The molecule has 0 aromatic heterocycles. The van der Waals surface area contributed by atoms with Gasteiger partial charge < -0.3 is 10.2 Å². The minimum absolute atomic E-state index is 0. The maximum atomic E-state index is 9.85. The Kier molecular flexibility index (Phi) is 13.9. The third-order valence-electron chi connectivity index (χ3n) is 7.22. The molecular formula is C38H46CuN2O2. The molecule has 5 heteroatoms. The van der Waals surface area contributed by atoms with Crippen molar-refractivity contribution in [1.29, 1.82) is 0 Å². The predicted octanol–water partition coefficient (Wildman–Crippen LogP) is 10.8. The monoisotopic (exact) mass is 625 g/mol. The number of aromatic hydroxyl groups is 2. The van der Waals surface area contributed by atoms with Crippen molar-refractivity contribution in [3.63, 3.8) is 0 Å². The Bertz CT molecular complexity index is 1350. The van der Waals surface area contributed by atoms with Gasteiger partial charge in [0.15, 0.2) is 0 Å². The zero-order valence-corrected chi connectivity index (χ0v) is 27.6. The molecule has 1 radical (unpaired) electrons. The Morgan fingerprint density at radius 3 is 0.977 bits per heavy atom. The maximum Gasteiger partial charge on any atom is 0.124 e. The predicted molar refractivity (Wildman–Crippen MR) is 180 cm³/mol. The van der Waals surface area contributed by atoms with Gasteiger partial charge in [-0.25, -0.2) is 0 Å². The van der Waals surface area contributed by atoms with Crippen molar-refractivity contribution in [2.75, 3.05) is 0 Å². The molecule has 231 valence electrons. The van der Waals surface area contributed by atoms with E-state index in [0.717, 1.165) is 22.5 Å².